The van der Waals surface area contributed by atoms with E-state index in [1.54, 1.807) is 0 Å². The molecule has 0 aromatic rings. The zero-order chi connectivity index (χ0) is 10.7. The normalized spacial score (nSPS) is 32.2. The highest BCUT2D eigenvalue weighted by Gasteiger charge is 2.37. The molecule has 0 aromatic carbocycles. The molecular formula is C12H25N3. The Labute approximate surface area is 93.8 Å². The quantitative estimate of drug-likeness (QED) is 0.741. The summed E-state index contributed by atoms with van der Waals surface area (Å²) in [6.45, 7) is 4.98. The van der Waals surface area contributed by atoms with E-state index in [0.717, 1.165) is 18.6 Å². The van der Waals surface area contributed by atoms with E-state index < -0.39 is 0 Å². The molecule has 2 aliphatic rings. The molecule has 0 radical (unpaired) electrons. The minimum Gasteiger partial charge on any atom is -0.318 e. The molecular weight excluding hydrogens is 186 g/mol. The molecule has 15 heavy (non-hydrogen) atoms. The van der Waals surface area contributed by atoms with Crippen molar-refractivity contribution in [3.63, 3.8) is 0 Å². The molecule has 0 bridgehead atoms. The molecule has 88 valence electrons. The fourth-order valence-corrected chi connectivity index (χ4v) is 3.19. The Hall–Kier alpha value is -0.120. The van der Waals surface area contributed by atoms with Crippen molar-refractivity contribution in [3.8, 4) is 0 Å². The smallest absolute Gasteiger partial charge is 0.0261 e. The summed E-state index contributed by atoms with van der Waals surface area (Å²) in [5.74, 6) is 0. The van der Waals surface area contributed by atoms with Crippen molar-refractivity contribution in [1.82, 2.24) is 15.1 Å². The monoisotopic (exact) mass is 211 g/mol. The van der Waals surface area contributed by atoms with Crippen LogP contribution in [0, 0.1) is 0 Å². The Morgan fingerprint density at radius 1 is 1.27 bits per heavy atom. The second kappa shape index (κ2) is 5.28. The van der Waals surface area contributed by atoms with Crippen molar-refractivity contribution in [2.24, 2.45) is 0 Å². The molecule has 1 N–H and O–H groups in total. The molecule has 0 saturated carbocycles. The third-order valence-corrected chi connectivity index (χ3v) is 4.10. The summed E-state index contributed by atoms with van der Waals surface area (Å²) in [5, 5.41) is 3.24. The summed E-state index contributed by atoms with van der Waals surface area (Å²) in [6, 6.07) is 1.68. The highest BCUT2D eigenvalue weighted by atomic mass is 15.3. The average molecular weight is 211 g/mol. The molecule has 3 heteroatoms. The second-order valence-corrected chi connectivity index (χ2v) is 5.04. The van der Waals surface area contributed by atoms with Gasteiger partial charge in [0.2, 0.25) is 0 Å². The minimum absolute atomic E-state index is 0.818. The van der Waals surface area contributed by atoms with Crippen LogP contribution in [0.3, 0.4) is 0 Å². The van der Waals surface area contributed by atoms with E-state index >= 15 is 0 Å². The molecule has 0 spiro atoms. The van der Waals surface area contributed by atoms with Gasteiger partial charge in [0.25, 0.3) is 0 Å². The summed E-state index contributed by atoms with van der Waals surface area (Å²) >= 11 is 0. The lowest BCUT2D eigenvalue weighted by molar-refractivity contribution is 0.132. The van der Waals surface area contributed by atoms with Crippen LogP contribution in [0.5, 0.6) is 0 Å². The van der Waals surface area contributed by atoms with E-state index in [1.165, 1.54) is 45.3 Å². The van der Waals surface area contributed by atoms with Gasteiger partial charge in [-0.15, -0.1) is 0 Å². The first-order chi connectivity index (χ1) is 7.33. The molecule has 2 atom stereocenters. The maximum Gasteiger partial charge on any atom is 0.0261 e. The number of piperidine rings is 1. The first kappa shape index (κ1) is 11.4. The van der Waals surface area contributed by atoms with Gasteiger partial charge < -0.3 is 10.2 Å². The lowest BCUT2D eigenvalue weighted by Gasteiger charge is -2.36. The van der Waals surface area contributed by atoms with Gasteiger partial charge in [0, 0.05) is 31.7 Å². The molecule has 2 aliphatic heterocycles. The van der Waals surface area contributed by atoms with Crippen LogP contribution in [-0.2, 0) is 0 Å². The van der Waals surface area contributed by atoms with Crippen molar-refractivity contribution in [2.45, 2.75) is 37.8 Å². The zero-order valence-corrected chi connectivity index (χ0v) is 10.2. The van der Waals surface area contributed by atoms with Gasteiger partial charge in [0.15, 0.2) is 0 Å². The van der Waals surface area contributed by atoms with Crippen LogP contribution in [0.15, 0.2) is 0 Å². The second-order valence-electron chi connectivity index (χ2n) is 5.04. The van der Waals surface area contributed by atoms with Gasteiger partial charge >= 0.3 is 0 Å². The summed E-state index contributed by atoms with van der Waals surface area (Å²) in [5.41, 5.74) is 0. The number of nitrogens with zero attached hydrogens (tertiary/aromatic N) is 2. The molecule has 2 unspecified atom stereocenters. The van der Waals surface area contributed by atoms with Gasteiger partial charge in [-0.2, -0.15) is 0 Å². The summed E-state index contributed by atoms with van der Waals surface area (Å²) < 4.78 is 0. The van der Waals surface area contributed by atoms with Crippen molar-refractivity contribution in [1.29, 1.82) is 0 Å². The Bertz CT molecular complexity index is 195. The molecule has 3 nitrogen and oxygen atoms in total. The lowest BCUT2D eigenvalue weighted by atomic mass is 9.98. The fourth-order valence-electron chi connectivity index (χ4n) is 3.19. The number of likely N-dealkylation sites (N-methyl/N-ethyl adjacent to an activating group) is 2. The molecule has 2 rings (SSSR count). The van der Waals surface area contributed by atoms with Gasteiger partial charge in [0.05, 0.1) is 0 Å². The van der Waals surface area contributed by atoms with Crippen LogP contribution in [0.2, 0.25) is 0 Å². The van der Waals surface area contributed by atoms with Gasteiger partial charge in [0.1, 0.15) is 0 Å². The van der Waals surface area contributed by atoms with Crippen LogP contribution in [0.25, 0.3) is 0 Å². The molecule has 2 heterocycles. The molecule has 2 saturated heterocycles. The van der Waals surface area contributed by atoms with Crippen molar-refractivity contribution in [2.75, 3.05) is 40.3 Å². The van der Waals surface area contributed by atoms with Crippen LogP contribution in [0.1, 0.15) is 25.7 Å². The third-order valence-electron chi connectivity index (χ3n) is 4.10. The van der Waals surface area contributed by atoms with Crippen LogP contribution in [0.4, 0.5) is 0 Å². The standard InChI is InChI=1S/C12H25N3/c1-13-7-10-14(2)11-6-9-15-8-4-3-5-12(11)15/h11-13H,3-10H2,1-2H3. The first-order valence-electron chi connectivity index (χ1n) is 6.42. The number of rotatable bonds is 4. The van der Waals surface area contributed by atoms with Crippen LogP contribution in [-0.4, -0.2) is 62.2 Å². The lowest BCUT2D eigenvalue weighted by Crippen LogP contribution is -2.46. The third kappa shape index (κ3) is 2.52. The maximum absolute atomic E-state index is 3.24. The van der Waals surface area contributed by atoms with Gasteiger partial charge in [-0.25, -0.2) is 0 Å². The number of nitrogens with one attached hydrogen (secondary N) is 1. The average Bonchev–Trinajstić information content (AvgIpc) is 2.69. The van der Waals surface area contributed by atoms with Gasteiger partial charge in [-0.3, -0.25) is 4.90 Å². The Morgan fingerprint density at radius 3 is 2.93 bits per heavy atom. The van der Waals surface area contributed by atoms with E-state index in [-0.39, 0.29) is 0 Å². The van der Waals surface area contributed by atoms with E-state index in [0.29, 0.717) is 0 Å². The molecule has 2 fully saturated rings. The van der Waals surface area contributed by atoms with Crippen molar-refractivity contribution >= 4 is 0 Å². The van der Waals surface area contributed by atoms with Crippen molar-refractivity contribution in [3.05, 3.63) is 0 Å². The minimum atomic E-state index is 0.818. The molecule has 0 aromatic heterocycles. The number of hydrogen-bond acceptors (Lipinski definition) is 3. The van der Waals surface area contributed by atoms with Crippen molar-refractivity contribution < 1.29 is 0 Å². The first-order valence-corrected chi connectivity index (χ1v) is 6.42. The Kier molecular flexibility index (Phi) is 4.00. The van der Waals surface area contributed by atoms with E-state index in [9.17, 15) is 0 Å². The number of hydrogen-bond donors (Lipinski definition) is 1. The Morgan fingerprint density at radius 2 is 2.13 bits per heavy atom. The van der Waals surface area contributed by atoms with Gasteiger partial charge in [-0.05, 0) is 39.9 Å². The van der Waals surface area contributed by atoms with E-state index in [1.807, 2.05) is 7.05 Å². The Balaban J connectivity index is 1.86. The zero-order valence-electron chi connectivity index (χ0n) is 10.2. The molecule has 0 amide bonds. The fraction of sp³-hybridized carbons (Fsp3) is 1.00. The van der Waals surface area contributed by atoms with E-state index in [2.05, 4.69) is 22.2 Å². The van der Waals surface area contributed by atoms with Gasteiger partial charge in [-0.1, -0.05) is 6.42 Å². The highest BCUT2D eigenvalue weighted by molar-refractivity contribution is 4.94. The van der Waals surface area contributed by atoms with E-state index in [4.69, 9.17) is 0 Å². The van der Waals surface area contributed by atoms with Crippen LogP contribution < -0.4 is 5.32 Å². The predicted molar refractivity (Wildman–Crippen MR) is 64.2 cm³/mol. The maximum atomic E-state index is 3.24. The predicted octanol–water partition coefficient (Wildman–Crippen LogP) is 0.764. The summed E-state index contributed by atoms with van der Waals surface area (Å²) in [6.07, 6.45) is 5.67. The molecule has 0 aliphatic carbocycles. The van der Waals surface area contributed by atoms with Crippen LogP contribution >= 0.6 is 0 Å². The topological polar surface area (TPSA) is 18.5 Å². The largest absolute Gasteiger partial charge is 0.318 e. The SMILES string of the molecule is CNCCN(C)C1CCN2CCCCC12. The summed E-state index contributed by atoms with van der Waals surface area (Å²) in [4.78, 5) is 5.27. The highest BCUT2D eigenvalue weighted by Crippen LogP contribution is 2.29. The summed E-state index contributed by atoms with van der Waals surface area (Å²) in [7, 11) is 4.33. The number of fused-ring (bicyclic) bond motifs is 1.